The van der Waals surface area contributed by atoms with E-state index in [0.717, 1.165) is 74.4 Å². The summed E-state index contributed by atoms with van der Waals surface area (Å²) in [6.45, 7) is 4.31. The van der Waals surface area contributed by atoms with E-state index in [4.69, 9.17) is 9.47 Å². The van der Waals surface area contributed by atoms with Crippen LogP contribution in [0.1, 0.15) is 29.6 Å². The molecule has 1 aromatic carbocycles. The van der Waals surface area contributed by atoms with E-state index >= 15 is 0 Å². The molecule has 4 heterocycles. The Hall–Kier alpha value is -1.50. The highest BCUT2D eigenvalue weighted by Gasteiger charge is 2.51. The number of aromatic nitrogens is 1. The van der Waals surface area contributed by atoms with Gasteiger partial charge in [0, 0.05) is 62.8 Å². The smallest absolute Gasteiger partial charge is 0.256 e. The van der Waals surface area contributed by atoms with Gasteiger partial charge in [0.15, 0.2) is 0 Å². The van der Waals surface area contributed by atoms with Crippen LogP contribution in [-0.4, -0.2) is 64.9 Å². The SMILES string of the molecule is Cn1cc(C(=O)N2CC3(CC(OCC4CCOCC4)CS3)C2)c2ccccc21. The summed E-state index contributed by atoms with van der Waals surface area (Å²) in [6, 6.07) is 8.13. The van der Waals surface area contributed by atoms with Gasteiger partial charge < -0.3 is 18.9 Å². The zero-order valence-corrected chi connectivity index (χ0v) is 17.2. The van der Waals surface area contributed by atoms with Crippen LogP contribution < -0.4 is 0 Å². The van der Waals surface area contributed by atoms with Crippen LogP contribution in [0.15, 0.2) is 30.5 Å². The van der Waals surface area contributed by atoms with Crippen molar-refractivity contribution in [3.8, 4) is 0 Å². The van der Waals surface area contributed by atoms with Crippen LogP contribution in [0.3, 0.4) is 0 Å². The number of amides is 1. The molecule has 0 radical (unpaired) electrons. The number of hydrogen-bond donors (Lipinski definition) is 0. The Morgan fingerprint density at radius 3 is 2.89 bits per heavy atom. The molecular formula is C22H28N2O3S. The van der Waals surface area contributed by atoms with Crippen LogP contribution in [0.2, 0.25) is 0 Å². The molecule has 0 bridgehead atoms. The number of nitrogens with zero attached hydrogens (tertiary/aromatic N) is 2. The molecule has 1 amide bonds. The third-order valence-electron chi connectivity index (χ3n) is 6.46. The first-order valence-corrected chi connectivity index (χ1v) is 11.3. The molecule has 3 fully saturated rings. The summed E-state index contributed by atoms with van der Waals surface area (Å²) in [5.41, 5.74) is 1.93. The van der Waals surface area contributed by atoms with Crippen molar-refractivity contribution in [2.45, 2.75) is 30.1 Å². The average Bonchev–Trinajstić information content (AvgIpc) is 3.28. The lowest BCUT2D eigenvalue weighted by Gasteiger charge is -2.47. The van der Waals surface area contributed by atoms with Crippen molar-refractivity contribution < 1.29 is 14.3 Å². The molecular weight excluding hydrogens is 372 g/mol. The maximum absolute atomic E-state index is 13.1. The average molecular weight is 401 g/mol. The summed E-state index contributed by atoms with van der Waals surface area (Å²) in [7, 11) is 2.00. The monoisotopic (exact) mass is 400 g/mol. The summed E-state index contributed by atoms with van der Waals surface area (Å²) < 4.78 is 13.9. The number of hydrogen-bond acceptors (Lipinski definition) is 4. The van der Waals surface area contributed by atoms with Crippen molar-refractivity contribution in [3.05, 3.63) is 36.0 Å². The van der Waals surface area contributed by atoms with Gasteiger partial charge in [-0.3, -0.25) is 4.79 Å². The molecule has 28 heavy (non-hydrogen) atoms. The van der Waals surface area contributed by atoms with Gasteiger partial charge in [0.1, 0.15) is 0 Å². The first-order valence-electron chi connectivity index (χ1n) is 10.3. The van der Waals surface area contributed by atoms with E-state index in [9.17, 15) is 4.79 Å². The number of benzene rings is 1. The summed E-state index contributed by atoms with van der Waals surface area (Å²) in [5, 5.41) is 1.05. The minimum absolute atomic E-state index is 0.162. The number of ether oxygens (including phenoxy) is 2. The van der Waals surface area contributed by atoms with Gasteiger partial charge in [0.2, 0.25) is 0 Å². The normalized spacial score (nSPS) is 24.8. The molecule has 1 spiro atoms. The summed E-state index contributed by atoms with van der Waals surface area (Å²) in [4.78, 5) is 15.1. The largest absolute Gasteiger partial charge is 0.381 e. The number of para-hydroxylation sites is 1. The van der Waals surface area contributed by atoms with Gasteiger partial charge in [-0.25, -0.2) is 0 Å². The minimum atomic E-state index is 0.162. The number of carbonyl (C=O) groups excluding carboxylic acids is 1. The highest BCUT2D eigenvalue weighted by Crippen LogP contribution is 2.46. The first kappa shape index (κ1) is 18.5. The van der Waals surface area contributed by atoms with Gasteiger partial charge in [-0.15, -0.1) is 11.8 Å². The molecule has 1 aromatic heterocycles. The second-order valence-electron chi connectivity index (χ2n) is 8.54. The topological polar surface area (TPSA) is 43.7 Å². The number of thioether (sulfide) groups is 1. The molecule has 150 valence electrons. The molecule has 0 saturated carbocycles. The number of likely N-dealkylation sites (tertiary alicyclic amines) is 1. The van der Waals surface area contributed by atoms with Crippen molar-refractivity contribution in [2.24, 2.45) is 13.0 Å². The maximum Gasteiger partial charge on any atom is 0.256 e. The molecule has 1 unspecified atom stereocenters. The molecule has 5 nitrogen and oxygen atoms in total. The fraction of sp³-hybridized carbons (Fsp3) is 0.591. The first-order chi connectivity index (χ1) is 13.6. The summed E-state index contributed by atoms with van der Waals surface area (Å²) >= 11 is 2.00. The molecule has 3 aliphatic rings. The number of aryl methyl sites for hydroxylation is 1. The van der Waals surface area contributed by atoms with E-state index in [1.54, 1.807) is 0 Å². The standard InChI is InChI=1S/C22H28N2O3S/c1-23-11-19(18-4-2-3-5-20(18)23)21(25)24-14-22(15-24)10-17(13-28-22)27-12-16-6-8-26-9-7-16/h2-5,11,16-17H,6-10,12-15H2,1H3. The Kier molecular flexibility index (Phi) is 4.89. The van der Waals surface area contributed by atoms with Gasteiger partial charge in [0.05, 0.1) is 16.4 Å². The van der Waals surface area contributed by atoms with Gasteiger partial charge in [0.25, 0.3) is 5.91 Å². The quantitative estimate of drug-likeness (QED) is 0.790. The molecule has 0 N–H and O–H groups in total. The lowest BCUT2D eigenvalue weighted by Crippen LogP contribution is -2.60. The van der Waals surface area contributed by atoms with Crippen molar-refractivity contribution in [1.29, 1.82) is 0 Å². The third-order valence-corrected chi connectivity index (χ3v) is 8.03. The Morgan fingerprint density at radius 1 is 1.29 bits per heavy atom. The van der Waals surface area contributed by atoms with Crippen LogP contribution in [-0.2, 0) is 16.5 Å². The molecule has 3 aliphatic heterocycles. The minimum Gasteiger partial charge on any atom is -0.381 e. The van der Waals surface area contributed by atoms with Crippen LogP contribution in [0.25, 0.3) is 10.9 Å². The van der Waals surface area contributed by atoms with Gasteiger partial charge in [-0.1, -0.05) is 18.2 Å². The summed E-state index contributed by atoms with van der Waals surface area (Å²) in [5.74, 6) is 1.87. The van der Waals surface area contributed by atoms with E-state index < -0.39 is 0 Å². The number of fused-ring (bicyclic) bond motifs is 1. The molecule has 6 heteroatoms. The molecule has 5 rings (SSSR count). The van der Waals surface area contributed by atoms with Crippen LogP contribution in [0.4, 0.5) is 0 Å². The number of rotatable bonds is 4. The predicted octanol–water partition coefficient (Wildman–Crippen LogP) is 3.32. The second-order valence-corrected chi connectivity index (χ2v) is 10.0. The van der Waals surface area contributed by atoms with Gasteiger partial charge in [-0.2, -0.15) is 0 Å². The van der Waals surface area contributed by atoms with Gasteiger partial charge in [-0.05, 0) is 31.2 Å². The van der Waals surface area contributed by atoms with E-state index in [1.807, 2.05) is 52.7 Å². The second kappa shape index (κ2) is 7.39. The number of carbonyl (C=O) groups is 1. The zero-order chi connectivity index (χ0) is 19.1. The van der Waals surface area contributed by atoms with Crippen LogP contribution >= 0.6 is 11.8 Å². The van der Waals surface area contributed by atoms with Crippen molar-refractivity contribution in [1.82, 2.24) is 9.47 Å². The van der Waals surface area contributed by atoms with E-state index in [-0.39, 0.29) is 10.7 Å². The lowest BCUT2D eigenvalue weighted by atomic mass is 9.92. The Bertz CT molecular complexity index is 868. The maximum atomic E-state index is 13.1. The Balaban J connectivity index is 1.17. The highest BCUT2D eigenvalue weighted by atomic mass is 32.2. The van der Waals surface area contributed by atoms with Crippen molar-refractivity contribution >= 4 is 28.6 Å². The van der Waals surface area contributed by atoms with Crippen molar-refractivity contribution in [2.75, 3.05) is 38.7 Å². The predicted molar refractivity (Wildman–Crippen MR) is 112 cm³/mol. The van der Waals surface area contributed by atoms with Crippen LogP contribution in [0.5, 0.6) is 0 Å². The third kappa shape index (κ3) is 3.36. The summed E-state index contributed by atoms with van der Waals surface area (Å²) in [6.07, 6.45) is 5.62. The Morgan fingerprint density at radius 2 is 2.07 bits per heavy atom. The van der Waals surface area contributed by atoms with Crippen molar-refractivity contribution in [3.63, 3.8) is 0 Å². The highest BCUT2D eigenvalue weighted by molar-refractivity contribution is 8.01. The molecule has 3 saturated heterocycles. The van der Waals surface area contributed by atoms with E-state index in [1.165, 1.54) is 0 Å². The Labute approximate surface area is 170 Å². The fourth-order valence-electron chi connectivity index (χ4n) is 4.79. The molecule has 2 aromatic rings. The molecule has 1 atom stereocenters. The van der Waals surface area contributed by atoms with E-state index in [0.29, 0.717) is 12.0 Å². The fourth-order valence-corrected chi connectivity index (χ4v) is 6.34. The lowest BCUT2D eigenvalue weighted by molar-refractivity contribution is -0.0118. The zero-order valence-electron chi connectivity index (χ0n) is 16.4. The van der Waals surface area contributed by atoms with Crippen LogP contribution in [0, 0.1) is 5.92 Å². The van der Waals surface area contributed by atoms with Gasteiger partial charge >= 0.3 is 0 Å². The van der Waals surface area contributed by atoms with E-state index in [2.05, 4.69) is 6.07 Å². The molecule has 0 aliphatic carbocycles.